The Morgan fingerprint density at radius 1 is 0.867 bits per heavy atom. The highest BCUT2D eigenvalue weighted by atomic mass is 32.2. The average Bonchev–Trinajstić information content (AvgIpc) is 3.55. The van der Waals surface area contributed by atoms with Crippen LogP contribution in [0, 0.1) is 25.5 Å². The molecule has 0 saturated heterocycles. The fraction of sp³-hybridized carbons (Fsp3) is 0.229. The van der Waals surface area contributed by atoms with Crippen LogP contribution in [0.5, 0.6) is 0 Å². The van der Waals surface area contributed by atoms with Crippen molar-refractivity contribution in [1.82, 2.24) is 19.5 Å². The normalized spacial score (nSPS) is 11.9. The van der Waals surface area contributed by atoms with E-state index < -0.39 is 32.8 Å². The molecule has 2 aromatic carbocycles. The Labute approximate surface area is 259 Å². The number of aromatic nitrogens is 4. The molecule has 0 atom stereocenters. The van der Waals surface area contributed by atoms with E-state index in [1.807, 2.05) is 44.2 Å². The van der Waals surface area contributed by atoms with Crippen LogP contribution in [0.2, 0.25) is 0 Å². The summed E-state index contributed by atoms with van der Waals surface area (Å²) in [6.07, 6.45) is 4.29. The zero-order valence-corrected chi connectivity index (χ0v) is 26.0. The summed E-state index contributed by atoms with van der Waals surface area (Å²) in [5, 5.41) is 1.44. The molecule has 4 heterocycles. The molecule has 10 heteroatoms. The van der Waals surface area contributed by atoms with Crippen LogP contribution in [-0.2, 0) is 16.3 Å². The molecule has 0 aliphatic carbocycles. The zero-order valence-electron chi connectivity index (χ0n) is 25.2. The van der Waals surface area contributed by atoms with Crippen LogP contribution >= 0.6 is 0 Å². The average molecular weight is 627 g/mol. The second-order valence-corrected chi connectivity index (χ2v) is 13.6. The fourth-order valence-electron chi connectivity index (χ4n) is 5.83. The van der Waals surface area contributed by atoms with E-state index in [0.29, 0.717) is 17.5 Å². The second-order valence-electron chi connectivity index (χ2n) is 11.3. The summed E-state index contributed by atoms with van der Waals surface area (Å²) < 4.78 is 56.6. The molecule has 4 aromatic heterocycles. The first kappa shape index (κ1) is 30.3. The molecule has 6 rings (SSSR count). The first-order valence-corrected chi connectivity index (χ1v) is 16.6. The van der Waals surface area contributed by atoms with Crippen molar-refractivity contribution >= 4 is 37.6 Å². The molecule has 7 nitrogen and oxygen atoms in total. The van der Waals surface area contributed by atoms with Gasteiger partial charge in [-0.05, 0) is 93.3 Å². The van der Waals surface area contributed by atoms with Gasteiger partial charge in [-0.2, -0.15) is 0 Å². The number of pyridine rings is 2. The third-order valence-electron chi connectivity index (χ3n) is 8.11. The van der Waals surface area contributed by atoms with Gasteiger partial charge in [0, 0.05) is 62.5 Å². The molecular formula is C35H32F2N4O3S. The summed E-state index contributed by atoms with van der Waals surface area (Å²) >= 11 is 0. The number of carbonyl (C=O) groups is 1. The van der Waals surface area contributed by atoms with Crippen LogP contribution < -0.4 is 0 Å². The van der Waals surface area contributed by atoms with Crippen molar-refractivity contribution in [1.29, 1.82) is 0 Å². The lowest BCUT2D eigenvalue weighted by atomic mass is 9.97. The Morgan fingerprint density at radius 3 is 2.33 bits per heavy atom. The third kappa shape index (κ3) is 5.90. The number of H-pyrrole nitrogens is 1. The van der Waals surface area contributed by atoms with Gasteiger partial charge >= 0.3 is 0 Å². The standard InChI is InChI=1S/C35H32F2N4O3S/c1-4-15-45(43,44)16-5-6-23-9-12-29(36)32(33(23)37)34(42)24-10-13-30-27(17-24)28-18-26(20-39-35(28)40-30)25-11-14-31(38-19-25)41-21(2)7-8-22(41)3/h7-14,17-20H,4-6,15-16H2,1-3H3,(H,39,40). The number of halogens is 2. The van der Waals surface area contributed by atoms with E-state index in [9.17, 15) is 17.6 Å². The molecule has 45 heavy (non-hydrogen) atoms. The zero-order chi connectivity index (χ0) is 31.9. The number of rotatable bonds is 10. The quantitative estimate of drug-likeness (QED) is 0.159. The molecule has 0 fully saturated rings. The lowest BCUT2D eigenvalue weighted by Crippen LogP contribution is -2.13. The van der Waals surface area contributed by atoms with Crippen LogP contribution in [0.1, 0.15) is 52.6 Å². The molecule has 0 spiro atoms. The first-order chi connectivity index (χ1) is 21.6. The summed E-state index contributed by atoms with van der Waals surface area (Å²) in [6, 6.07) is 17.1. The lowest BCUT2D eigenvalue weighted by molar-refractivity contribution is 0.103. The Hall–Kier alpha value is -4.70. The summed E-state index contributed by atoms with van der Waals surface area (Å²) in [6.45, 7) is 5.83. The van der Waals surface area contributed by atoms with Crippen molar-refractivity contribution in [2.75, 3.05) is 11.5 Å². The Bertz CT molecular complexity index is 2170. The minimum atomic E-state index is -3.24. The molecule has 0 unspecified atom stereocenters. The second kappa shape index (κ2) is 12.0. The van der Waals surface area contributed by atoms with Crippen molar-refractivity contribution in [3.8, 4) is 16.9 Å². The van der Waals surface area contributed by atoms with E-state index in [4.69, 9.17) is 0 Å². The number of ketones is 1. The van der Waals surface area contributed by atoms with Gasteiger partial charge in [0.15, 0.2) is 5.78 Å². The van der Waals surface area contributed by atoms with Gasteiger partial charge in [0.2, 0.25) is 0 Å². The third-order valence-corrected chi connectivity index (χ3v) is 10.0. The highest BCUT2D eigenvalue weighted by Crippen LogP contribution is 2.31. The van der Waals surface area contributed by atoms with Gasteiger partial charge in [0.25, 0.3) is 0 Å². The monoisotopic (exact) mass is 626 g/mol. The van der Waals surface area contributed by atoms with E-state index in [2.05, 4.69) is 19.5 Å². The number of benzene rings is 2. The molecule has 0 saturated carbocycles. The number of aromatic amines is 1. The van der Waals surface area contributed by atoms with E-state index in [0.717, 1.165) is 45.3 Å². The highest BCUT2D eigenvalue weighted by Gasteiger charge is 2.23. The Balaban J connectivity index is 1.31. The molecule has 230 valence electrons. The summed E-state index contributed by atoms with van der Waals surface area (Å²) in [7, 11) is -3.24. The maximum atomic E-state index is 15.5. The maximum absolute atomic E-state index is 15.5. The Morgan fingerprint density at radius 2 is 1.62 bits per heavy atom. The number of hydrogen-bond acceptors (Lipinski definition) is 5. The SMILES string of the molecule is CCCS(=O)(=O)CCCc1ccc(F)c(C(=O)c2ccc3[nH]c4ncc(-c5ccc(-n6c(C)ccc6C)nc5)cc4c3c2)c1F. The smallest absolute Gasteiger partial charge is 0.198 e. The van der Waals surface area contributed by atoms with Gasteiger partial charge < -0.3 is 9.55 Å². The minimum Gasteiger partial charge on any atom is -0.339 e. The molecule has 0 aliphatic heterocycles. The fourth-order valence-corrected chi connectivity index (χ4v) is 7.24. The van der Waals surface area contributed by atoms with Gasteiger partial charge in [-0.1, -0.05) is 13.0 Å². The number of fused-ring (bicyclic) bond motifs is 3. The number of carbonyl (C=O) groups excluding carboxylic acids is 1. The number of sulfone groups is 1. The van der Waals surface area contributed by atoms with Crippen molar-refractivity contribution < 1.29 is 22.0 Å². The molecule has 0 amide bonds. The molecular weight excluding hydrogens is 594 g/mol. The number of nitrogens with zero attached hydrogens (tertiary/aromatic N) is 3. The molecule has 6 aromatic rings. The highest BCUT2D eigenvalue weighted by molar-refractivity contribution is 7.91. The van der Waals surface area contributed by atoms with Crippen LogP contribution in [0.3, 0.4) is 0 Å². The van der Waals surface area contributed by atoms with Gasteiger partial charge in [0.05, 0.1) is 11.3 Å². The maximum Gasteiger partial charge on any atom is 0.198 e. The molecule has 0 radical (unpaired) electrons. The number of hydrogen-bond donors (Lipinski definition) is 1. The van der Waals surface area contributed by atoms with E-state index in [1.54, 1.807) is 31.5 Å². The van der Waals surface area contributed by atoms with Crippen LogP contribution in [0.25, 0.3) is 38.9 Å². The van der Waals surface area contributed by atoms with Crippen LogP contribution in [0.4, 0.5) is 8.78 Å². The topological polar surface area (TPSA) is 97.7 Å². The van der Waals surface area contributed by atoms with E-state index in [1.165, 1.54) is 12.1 Å². The Kier molecular flexibility index (Phi) is 8.09. The van der Waals surface area contributed by atoms with Crippen molar-refractivity contribution in [2.45, 2.75) is 40.0 Å². The summed E-state index contributed by atoms with van der Waals surface area (Å²) in [5.41, 5.74) is 4.77. The largest absolute Gasteiger partial charge is 0.339 e. The van der Waals surface area contributed by atoms with Crippen molar-refractivity contribution in [2.24, 2.45) is 0 Å². The van der Waals surface area contributed by atoms with E-state index in [-0.39, 0.29) is 35.5 Å². The minimum absolute atomic E-state index is 0.0624. The lowest BCUT2D eigenvalue weighted by Gasteiger charge is -2.10. The number of aryl methyl sites for hydroxylation is 3. The first-order valence-electron chi connectivity index (χ1n) is 14.8. The molecule has 1 N–H and O–H groups in total. The predicted octanol–water partition coefficient (Wildman–Crippen LogP) is 7.45. The van der Waals surface area contributed by atoms with Gasteiger partial charge in [-0.25, -0.2) is 27.2 Å². The summed E-state index contributed by atoms with van der Waals surface area (Å²) in [4.78, 5) is 26.0. The van der Waals surface area contributed by atoms with Gasteiger partial charge in [-0.15, -0.1) is 0 Å². The number of nitrogens with one attached hydrogen (secondary N) is 1. The van der Waals surface area contributed by atoms with Gasteiger partial charge in [-0.3, -0.25) is 4.79 Å². The van der Waals surface area contributed by atoms with Crippen LogP contribution in [-0.4, -0.2) is 45.2 Å². The molecule has 0 aliphatic rings. The van der Waals surface area contributed by atoms with Crippen molar-refractivity contribution in [3.63, 3.8) is 0 Å². The predicted molar refractivity (Wildman–Crippen MR) is 173 cm³/mol. The molecule has 0 bridgehead atoms. The van der Waals surface area contributed by atoms with Gasteiger partial charge in [0.1, 0.15) is 32.9 Å². The summed E-state index contributed by atoms with van der Waals surface area (Å²) in [5.74, 6) is -1.94. The van der Waals surface area contributed by atoms with E-state index >= 15 is 4.39 Å². The van der Waals surface area contributed by atoms with Crippen LogP contribution in [0.15, 0.2) is 73.1 Å². The van der Waals surface area contributed by atoms with Crippen molar-refractivity contribution in [3.05, 3.63) is 113 Å².